The topological polar surface area (TPSA) is 83.4 Å². The second kappa shape index (κ2) is 10.0. The zero-order valence-electron chi connectivity index (χ0n) is 19.7. The van der Waals surface area contributed by atoms with E-state index in [1.54, 1.807) is 35.9 Å². The number of nitrogens with zero attached hydrogens (tertiary/aromatic N) is 2. The van der Waals surface area contributed by atoms with Gasteiger partial charge in [-0.1, -0.05) is 54.1 Å². The van der Waals surface area contributed by atoms with Crippen molar-refractivity contribution in [3.8, 4) is 0 Å². The maximum atomic E-state index is 13.5. The molecule has 184 valence electrons. The number of benzene rings is 3. The number of thiocarbonyl (C=S) groups is 1. The van der Waals surface area contributed by atoms with Crippen LogP contribution in [0.2, 0.25) is 5.02 Å². The summed E-state index contributed by atoms with van der Waals surface area (Å²) < 4.78 is 1.79. The van der Waals surface area contributed by atoms with E-state index < -0.39 is 11.8 Å². The Morgan fingerprint density at radius 1 is 1.03 bits per heavy atom. The van der Waals surface area contributed by atoms with Crippen LogP contribution in [0.3, 0.4) is 0 Å². The van der Waals surface area contributed by atoms with Crippen molar-refractivity contribution in [3.63, 3.8) is 0 Å². The van der Waals surface area contributed by atoms with Crippen LogP contribution in [-0.2, 0) is 20.9 Å². The van der Waals surface area contributed by atoms with Gasteiger partial charge in [-0.2, -0.15) is 0 Å². The molecular weight excluding hydrogens is 508 g/mol. The van der Waals surface area contributed by atoms with Gasteiger partial charge < -0.3 is 9.88 Å². The molecule has 0 spiro atoms. The molecule has 0 atom stereocenters. The van der Waals surface area contributed by atoms with E-state index in [9.17, 15) is 14.4 Å². The summed E-state index contributed by atoms with van der Waals surface area (Å²) in [4.78, 5) is 40.4. The van der Waals surface area contributed by atoms with Crippen molar-refractivity contribution in [1.29, 1.82) is 0 Å². The molecule has 1 fully saturated rings. The molecular formula is C28H21ClN4O3S. The Bertz CT molecular complexity index is 1610. The number of carbonyl (C=O) groups is 3. The Morgan fingerprint density at radius 2 is 1.76 bits per heavy atom. The van der Waals surface area contributed by atoms with Gasteiger partial charge >= 0.3 is 0 Å². The van der Waals surface area contributed by atoms with E-state index >= 15 is 0 Å². The van der Waals surface area contributed by atoms with E-state index in [4.69, 9.17) is 23.8 Å². The van der Waals surface area contributed by atoms with E-state index in [2.05, 4.69) is 10.6 Å². The normalized spacial score (nSPS) is 14.8. The van der Waals surface area contributed by atoms with E-state index in [-0.39, 0.29) is 23.1 Å². The average Bonchev–Trinajstić information content (AvgIpc) is 3.21. The number of amides is 3. The number of halogens is 1. The molecule has 4 aromatic rings. The molecule has 2 N–H and O–H groups in total. The molecule has 37 heavy (non-hydrogen) atoms. The minimum Gasteiger partial charge on any atom is -0.337 e. The van der Waals surface area contributed by atoms with Crippen LogP contribution in [0.15, 0.2) is 84.6 Å². The molecule has 1 aliphatic heterocycles. The molecule has 1 aromatic heterocycles. The fourth-order valence-corrected chi connectivity index (χ4v) is 4.71. The minimum atomic E-state index is -0.593. The summed E-state index contributed by atoms with van der Waals surface area (Å²) in [6.07, 6.45) is 3.28. The van der Waals surface area contributed by atoms with Crippen molar-refractivity contribution in [3.05, 3.63) is 101 Å². The van der Waals surface area contributed by atoms with Crippen LogP contribution < -0.4 is 15.5 Å². The quantitative estimate of drug-likeness (QED) is 0.215. The van der Waals surface area contributed by atoms with E-state index in [1.807, 2.05) is 54.6 Å². The summed E-state index contributed by atoms with van der Waals surface area (Å²) in [7, 11) is 0. The number of rotatable bonds is 5. The number of hydrogen-bond donors (Lipinski definition) is 2. The molecule has 0 unspecified atom stereocenters. The van der Waals surface area contributed by atoms with Gasteiger partial charge in [-0.15, -0.1) is 0 Å². The minimum absolute atomic E-state index is 0.0162. The number of aromatic nitrogens is 1. The van der Waals surface area contributed by atoms with Crippen molar-refractivity contribution in [2.24, 2.45) is 0 Å². The number of anilines is 2. The van der Waals surface area contributed by atoms with Crippen LogP contribution in [0.4, 0.5) is 11.4 Å². The van der Waals surface area contributed by atoms with Crippen molar-refractivity contribution in [1.82, 2.24) is 9.88 Å². The van der Waals surface area contributed by atoms with Gasteiger partial charge in [0.05, 0.1) is 5.69 Å². The van der Waals surface area contributed by atoms with Gasteiger partial charge in [0.25, 0.3) is 11.8 Å². The first-order chi connectivity index (χ1) is 17.8. The molecule has 0 radical (unpaired) electrons. The number of hydrogen-bond acceptors (Lipinski definition) is 4. The second-order valence-electron chi connectivity index (χ2n) is 8.49. The highest BCUT2D eigenvalue weighted by molar-refractivity contribution is 7.80. The average molecular weight is 529 g/mol. The highest BCUT2D eigenvalue weighted by atomic mass is 35.5. The molecule has 3 amide bonds. The monoisotopic (exact) mass is 528 g/mol. The number of fused-ring (bicyclic) bond motifs is 1. The Kier molecular flexibility index (Phi) is 6.60. The lowest BCUT2D eigenvalue weighted by Crippen LogP contribution is -2.54. The van der Waals surface area contributed by atoms with Crippen LogP contribution >= 0.6 is 23.8 Å². The Hall–Kier alpha value is -4.27. The van der Waals surface area contributed by atoms with E-state index in [0.717, 1.165) is 10.9 Å². The third-order valence-electron chi connectivity index (χ3n) is 6.07. The maximum Gasteiger partial charge on any atom is 0.270 e. The van der Waals surface area contributed by atoms with Gasteiger partial charge in [0.1, 0.15) is 12.1 Å². The molecule has 9 heteroatoms. The molecule has 2 heterocycles. The standard InChI is InChI=1S/C28H21ClN4O3S/c1-17-22(29)11-7-13-23(17)33-27(36)21(26(35)31-28(33)37)14-18-15-32(24-12-6-5-10-20(18)24)16-25(34)30-19-8-3-2-4-9-19/h2-15H,16H2,1H3,(H,30,34)(H,31,35,37)/b21-14+. The summed E-state index contributed by atoms with van der Waals surface area (Å²) >= 11 is 11.6. The van der Waals surface area contributed by atoms with E-state index in [1.165, 1.54) is 11.0 Å². The Morgan fingerprint density at radius 3 is 2.54 bits per heavy atom. The van der Waals surface area contributed by atoms with Crippen molar-refractivity contribution in [2.75, 3.05) is 10.2 Å². The van der Waals surface area contributed by atoms with Crippen molar-refractivity contribution in [2.45, 2.75) is 13.5 Å². The van der Waals surface area contributed by atoms with Gasteiger partial charge in [0.2, 0.25) is 5.91 Å². The lowest BCUT2D eigenvalue weighted by atomic mass is 10.1. The van der Waals surface area contributed by atoms with Crippen LogP contribution in [0.1, 0.15) is 11.1 Å². The third kappa shape index (κ3) is 4.76. The Labute approximate surface area is 223 Å². The number of para-hydroxylation sites is 2. The summed E-state index contributed by atoms with van der Waals surface area (Å²) in [6, 6.07) is 21.8. The summed E-state index contributed by atoms with van der Waals surface area (Å²) in [6.45, 7) is 1.83. The van der Waals surface area contributed by atoms with Crippen molar-refractivity contribution >= 4 is 75.0 Å². The van der Waals surface area contributed by atoms with Gasteiger partial charge in [-0.05, 0) is 61.1 Å². The third-order valence-corrected chi connectivity index (χ3v) is 6.77. The molecule has 1 aliphatic rings. The van der Waals surface area contributed by atoms with E-state index in [0.29, 0.717) is 27.5 Å². The Balaban J connectivity index is 1.51. The lowest BCUT2D eigenvalue weighted by molar-refractivity contribution is -0.122. The zero-order valence-corrected chi connectivity index (χ0v) is 21.3. The first-order valence-corrected chi connectivity index (χ1v) is 12.2. The highest BCUT2D eigenvalue weighted by Gasteiger charge is 2.35. The predicted molar refractivity (Wildman–Crippen MR) is 149 cm³/mol. The van der Waals surface area contributed by atoms with Crippen molar-refractivity contribution < 1.29 is 14.4 Å². The van der Waals surface area contributed by atoms with Crippen LogP contribution in [0, 0.1) is 6.92 Å². The van der Waals surface area contributed by atoms with Crippen LogP contribution in [0.5, 0.6) is 0 Å². The molecule has 0 bridgehead atoms. The fraction of sp³-hybridized carbons (Fsp3) is 0.0714. The van der Waals surface area contributed by atoms with Crippen LogP contribution in [0.25, 0.3) is 17.0 Å². The summed E-state index contributed by atoms with van der Waals surface area (Å²) in [5, 5.41) is 6.73. The molecule has 7 nitrogen and oxygen atoms in total. The summed E-state index contributed by atoms with van der Waals surface area (Å²) in [5.74, 6) is -1.35. The van der Waals surface area contributed by atoms with Gasteiger partial charge in [0.15, 0.2) is 5.11 Å². The van der Waals surface area contributed by atoms with Gasteiger partial charge in [-0.3, -0.25) is 24.6 Å². The lowest BCUT2D eigenvalue weighted by Gasteiger charge is -2.30. The largest absolute Gasteiger partial charge is 0.337 e. The molecule has 0 saturated carbocycles. The highest BCUT2D eigenvalue weighted by Crippen LogP contribution is 2.31. The molecule has 5 rings (SSSR count). The van der Waals surface area contributed by atoms with Crippen LogP contribution in [-0.4, -0.2) is 27.4 Å². The maximum absolute atomic E-state index is 13.5. The first-order valence-electron chi connectivity index (χ1n) is 11.4. The van der Waals surface area contributed by atoms with Gasteiger partial charge in [0, 0.05) is 33.4 Å². The molecule has 0 aliphatic carbocycles. The predicted octanol–water partition coefficient (Wildman–Crippen LogP) is 5.07. The molecule has 3 aromatic carbocycles. The smallest absolute Gasteiger partial charge is 0.270 e. The number of nitrogens with one attached hydrogen (secondary N) is 2. The number of carbonyl (C=O) groups excluding carboxylic acids is 3. The fourth-order valence-electron chi connectivity index (χ4n) is 4.27. The first kappa shape index (κ1) is 24.4. The molecule has 1 saturated heterocycles. The summed E-state index contributed by atoms with van der Waals surface area (Å²) in [5.41, 5.74) is 3.19. The zero-order chi connectivity index (χ0) is 26.1. The SMILES string of the molecule is Cc1c(Cl)cccc1N1C(=O)/C(=C/c2cn(CC(=O)Nc3ccccc3)c3ccccc23)C(=O)NC1=S. The van der Waals surface area contributed by atoms with Gasteiger partial charge in [-0.25, -0.2) is 0 Å². The second-order valence-corrected chi connectivity index (χ2v) is 9.28.